The highest BCUT2D eigenvalue weighted by molar-refractivity contribution is 5.81. The van der Waals surface area contributed by atoms with Crippen LogP contribution in [0, 0.1) is 23.7 Å². The van der Waals surface area contributed by atoms with Crippen molar-refractivity contribution in [2.45, 2.75) is 153 Å². The van der Waals surface area contributed by atoms with Crippen LogP contribution in [0.3, 0.4) is 0 Å². The summed E-state index contributed by atoms with van der Waals surface area (Å²) < 4.78 is 22.9. The molecule has 0 atom stereocenters. The van der Waals surface area contributed by atoms with Crippen LogP contribution in [0.1, 0.15) is 142 Å². The third-order valence-electron chi connectivity index (χ3n) is 9.33. The maximum atomic E-state index is 13.1. The predicted octanol–water partition coefficient (Wildman–Crippen LogP) is 9.10. The molecular weight excluding hydrogens is 580 g/mol. The smallest absolute Gasteiger partial charge is 0.330 e. The monoisotopic (exact) mass is 640 g/mol. The van der Waals surface area contributed by atoms with E-state index in [1.54, 1.807) is 6.08 Å². The minimum Gasteiger partial charge on any atom is -0.494 e. The van der Waals surface area contributed by atoms with Gasteiger partial charge in [0.2, 0.25) is 0 Å². The maximum Gasteiger partial charge on any atom is 0.330 e. The third kappa shape index (κ3) is 15.1. The first-order chi connectivity index (χ1) is 22.2. The molecule has 0 spiro atoms. The van der Waals surface area contributed by atoms with E-state index in [1.165, 1.54) is 12.8 Å². The molecule has 0 aliphatic heterocycles. The van der Waals surface area contributed by atoms with Crippen LogP contribution in [0.15, 0.2) is 37.6 Å². The number of unbranched alkanes of at least 4 members (excludes halogenated alkanes) is 4. The van der Waals surface area contributed by atoms with Gasteiger partial charge in [-0.2, -0.15) is 0 Å². The Bertz CT molecular complexity index is 952. The molecule has 0 unspecified atom stereocenters. The molecule has 7 heteroatoms. The maximum absolute atomic E-state index is 13.1. The molecule has 46 heavy (non-hydrogen) atoms. The van der Waals surface area contributed by atoms with E-state index in [9.17, 15) is 14.4 Å². The quantitative estimate of drug-likeness (QED) is 0.0235. The summed E-state index contributed by atoms with van der Waals surface area (Å²) in [6, 6.07) is 0. The van der Waals surface area contributed by atoms with Gasteiger partial charge in [0.15, 0.2) is 11.2 Å². The SMILES string of the molecule is C=CC(=C)OCCCCCC(=O)OC1(C#CC2(OC(=O)CCCCCOC(=O)C=C)CCC(CCC)CC2)CCC(CCC)CC1. The van der Waals surface area contributed by atoms with E-state index >= 15 is 0 Å². The zero-order valence-electron chi connectivity index (χ0n) is 28.8. The zero-order valence-corrected chi connectivity index (χ0v) is 28.8. The Morgan fingerprint density at radius 3 is 1.50 bits per heavy atom. The Morgan fingerprint density at radius 1 is 0.674 bits per heavy atom. The van der Waals surface area contributed by atoms with Gasteiger partial charge in [-0.1, -0.05) is 71.1 Å². The topological polar surface area (TPSA) is 88.1 Å². The fourth-order valence-corrected chi connectivity index (χ4v) is 6.54. The molecule has 2 aliphatic rings. The first-order valence-corrected chi connectivity index (χ1v) is 17.9. The van der Waals surface area contributed by atoms with Gasteiger partial charge in [-0.3, -0.25) is 9.59 Å². The van der Waals surface area contributed by atoms with Crippen LogP contribution in [0.25, 0.3) is 0 Å². The van der Waals surface area contributed by atoms with E-state index < -0.39 is 17.2 Å². The lowest BCUT2D eigenvalue weighted by atomic mass is 9.75. The van der Waals surface area contributed by atoms with Crippen LogP contribution >= 0.6 is 0 Å². The van der Waals surface area contributed by atoms with Crippen molar-refractivity contribution in [1.82, 2.24) is 0 Å². The molecule has 0 amide bonds. The molecule has 2 saturated carbocycles. The number of carbonyl (C=O) groups excluding carboxylic acids is 3. The fourth-order valence-electron chi connectivity index (χ4n) is 6.54. The van der Waals surface area contributed by atoms with Crippen molar-refractivity contribution in [3.63, 3.8) is 0 Å². The van der Waals surface area contributed by atoms with Crippen LogP contribution in [0.4, 0.5) is 0 Å². The summed E-state index contributed by atoms with van der Waals surface area (Å²) >= 11 is 0. The highest BCUT2D eigenvalue weighted by atomic mass is 16.6. The standard InChI is InChI=1S/C39H60O7/c1-6-16-33-20-24-38(25-21-33,45-36(41)18-12-10-14-30-43-32(5)8-3)28-29-39(26-22-34(17-7-2)23-27-39)46-37(42)19-13-11-15-31-44-35(40)9-4/h8-9,33-34H,3-7,10-27,30-31H2,1-2H3. The lowest BCUT2D eigenvalue weighted by molar-refractivity contribution is -0.159. The summed E-state index contributed by atoms with van der Waals surface area (Å²) in [6.07, 6.45) is 19.3. The van der Waals surface area contributed by atoms with Crippen LogP contribution in [-0.4, -0.2) is 42.3 Å². The molecule has 2 aliphatic carbocycles. The summed E-state index contributed by atoms with van der Waals surface area (Å²) in [5.41, 5.74) is -1.69. The highest BCUT2D eigenvalue weighted by Crippen LogP contribution is 2.40. The molecule has 0 aromatic heterocycles. The summed E-state index contributed by atoms with van der Waals surface area (Å²) in [5.74, 6) is 7.82. The molecule has 0 heterocycles. The van der Waals surface area contributed by atoms with Gasteiger partial charge in [-0.15, -0.1) is 0 Å². The van der Waals surface area contributed by atoms with Gasteiger partial charge in [0.25, 0.3) is 0 Å². The van der Waals surface area contributed by atoms with Crippen molar-refractivity contribution in [3.05, 3.63) is 37.6 Å². The van der Waals surface area contributed by atoms with Gasteiger partial charge < -0.3 is 18.9 Å². The van der Waals surface area contributed by atoms with Gasteiger partial charge in [-0.05, 0) is 108 Å². The van der Waals surface area contributed by atoms with Gasteiger partial charge in [0.1, 0.15) is 5.76 Å². The molecule has 0 aromatic rings. The Labute approximate surface area is 278 Å². The van der Waals surface area contributed by atoms with E-state index in [-0.39, 0.29) is 11.9 Å². The second-order valence-corrected chi connectivity index (χ2v) is 13.2. The summed E-state index contributed by atoms with van der Waals surface area (Å²) in [6.45, 7) is 16.1. The van der Waals surface area contributed by atoms with Crippen molar-refractivity contribution in [2.24, 2.45) is 11.8 Å². The predicted molar refractivity (Wildman–Crippen MR) is 183 cm³/mol. The average Bonchev–Trinajstić information content (AvgIpc) is 3.05. The molecule has 0 aromatic carbocycles. The number of esters is 3. The molecule has 2 fully saturated rings. The fraction of sp³-hybridized carbons (Fsp3) is 0.718. The Morgan fingerprint density at radius 2 is 1.11 bits per heavy atom. The lowest BCUT2D eigenvalue weighted by Crippen LogP contribution is -2.41. The van der Waals surface area contributed by atoms with Crippen molar-refractivity contribution in [2.75, 3.05) is 13.2 Å². The van der Waals surface area contributed by atoms with Crippen molar-refractivity contribution in [1.29, 1.82) is 0 Å². The van der Waals surface area contributed by atoms with Crippen molar-refractivity contribution < 1.29 is 33.3 Å². The zero-order chi connectivity index (χ0) is 33.7. The molecule has 0 saturated heterocycles. The molecule has 0 bridgehead atoms. The molecular formula is C39H60O7. The Hall–Kier alpha value is -3.01. The van der Waals surface area contributed by atoms with E-state index in [0.717, 1.165) is 70.3 Å². The number of hydrogen-bond acceptors (Lipinski definition) is 7. The van der Waals surface area contributed by atoms with Gasteiger partial charge in [0, 0.05) is 18.9 Å². The van der Waals surface area contributed by atoms with Crippen LogP contribution < -0.4 is 0 Å². The minimum absolute atomic E-state index is 0.212. The molecule has 0 radical (unpaired) electrons. The summed E-state index contributed by atoms with van der Waals surface area (Å²) in [4.78, 5) is 37.4. The number of carbonyl (C=O) groups is 3. The van der Waals surface area contributed by atoms with E-state index in [4.69, 9.17) is 18.9 Å². The molecule has 2 rings (SSSR count). The largest absolute Gasteiger partial charge is 0.494 e. The average molecular weight is 641 g/mol. The summed E-state index contributed by atoms with van der Waals surface area (Å²) in [5, 5.41) is 0. The lowest BCUT2D eigenvalue weighted by Gasteiger charge is -2.38. The first kappa shape index (κ1) is 39.2. The first-order valence-electron chi connectivity index (χ1n) is 17.9. The Kier molecular flexibility index (Phi) is 18.5. The number of rotatable bonds is 21. The van der Waals surface area contributed by atoms with Crippen molar-refractivity contribution in [3.8, 4) is 11.8 Å². The van der Waals surface area contributed by atoms with Crippen LogP contribution in [-0.2, 0) is 33.3 Å². The number of ether oxygens (including phenoxy) is 4. The van der Waals surface area contributed by atoms with Crippen LogP contribution in [0.2, 0.25) is 0 Å². The normalized spacial score (nSPS) is 24.0. The number of allylic oxidation sites excluding steroid dienone is 1. The molecule has 7 nitrogen and oxygen atoms in total. The van der Waals surface area contributed by atoms with Gasteiger partial charge in [-0.25, -0.2) is 4.79 Å². The summed E-state index contributed by atoms with van der Waals surface area (Å²) in [7, 11) is 0. The van der Waals surface area contributed by atoms with Crippen molar-refractivity contribution >= 4 is 17.9 Å². The second kappa shape index (κ2) is 21.7. The van der Waals surface area contributed by atoms with E-state index in [1.807, 2.05) is 0 Å². The van der Waals surface area contributed by atoms with Crippen LogP contribution in [0.5, 0.6) is 0 Å². The van der Waals surface area contributed by atoms with Gasteiger partial charge in [0.05, 0.1) is 13.2 Å². The Balaban J connectivity index is 2.08. The van der Waals surface area contributed by atoms with Gasteiger partial charge >= 0.3 is 17.9 Å². The second-order valence-electron chi connectivity index (χ2n) is 13.2. The minimum atomic E-state index is -0.851. The highest BCUT2D eigenvalue weighted by Gasteiger charge is 2.41. The number of hydrogen-bond donors (Lipinski definition) is 0. The third-order valence-corrected chi connectivity index (χ3v) is 9.33. The van der Waals surface area contributed by atoms with E-state index in [0.29, 0.717) is 82.2 Å². The molecule has 258 valence electrons. The molecule has 0 N–H and O–H groups in total. The van der Waals surface area contributed by atoms with E-state index in [2.05, 4.69) is 45.4 Å².